The molecule has 0 radical (unpaired) electrons. The zero-order chi connectivity index (χ0) is 18.4. The summed E-state index contributed by atoms with van der Waals surface area (Å²) in [6.45, 7) is 7.38. The Kier molecular flexibility index (Phi) is 6.37. The highest BCUT2D eigenvalue weighted by molar-refractivity contribution is 7.89. The summed E-state index contributed by atoms with van der Waals surface area (Å²) in [6.07, 6.45) is 3.57. The van der Waals surface area contributed by atoms with Crippen LogP contribution in [0, 0.1) is 0 Å². The van der Waals surface area contributed by atoms with Gasteiger partial charge >= 0.3 is 0 Å². The van der Waals surface area contributed by atoms with Gasteiger partial charge in [-0.25, -0.2) is 13.1 Å². The van der Waals surface area contributed by atoms with Crippen LogP contribution in [0.4, 0.5) is 0 Å². The highest BCUT2D eigenvalue weighted by atomic mass is 32.2. The molecule has 6 nitrogen and oxygen atoms in total. The van der Waals surface area contributed by atoms with E-state index < -0.39 is 10.0 Å². The van der Waals surface area contributed by atoms with Crippen LogP contribution < -0.4 is 4.72 Å². The summed E-state index contributed by atoms with van der Waals surface area (Å²) >= 11 is 0. The summed E-state index contributed by atoms with van der Waals surface area (Å²) < 4.78 is 28.0. The normalized spacial score (nSPS) is 17.9. The van der Waals surface area contributed by atoms with E-state index in [1.165, 1.54) is 0 Å². The first-order chi connectivity index (χ1) is 12.6. The fraction of sp³-hybridized carbons (Fsp3) is 0.421. The topological polar surface area (TPSA) is 65.5 Å². The minimum Gasteiger partial charge on any atom is -0.301 e. The molecule has 26 heavy (non-hydrogen) atoms. The first-order valence-electron chi connectivity index (χ1n) is 9.01. The minimum absolute atomic E-state index is 0.0267. The predicted molar refractivity (Wildman–Crippen MR) is 102 cm³/mol. The minimum atomic E-state index is -3.52. The average molecular weight is 375 g/mol. The Morgan fingerprint density at radius 2 is 1.81 bits per heavy atom. The zero-order valence-corrected chi connectivity index (χ0v) is 15.9. The second kappa shape index (κ2) is 8.73. The van der Waals surface area contributed by atoms with E-state index >= 15 is 0 Å². The number of benzene rings is 1. The first kappa shape index (κ1) is 19.0. The average Bonchev–Trinajstić information content (AvgIpc) is 2.70. The smallest absolute Gasteiger partial charge is 0.240 e. The number of rotatable bonds is 7. The number of likely N-dealkylation sites (N-methyl/N-ethyl adjacent to an activating group) is 1. The summed E-state index contributed by atoms with van der Waals surface area (Å²) in [4.78, 5) is 9.26. The number of hydrogen-bond acceptors (Lipinski definition) is 5. The summed E-state index contributed by atoms with van der Waals surface area (Å²) in [7, 11) is -3.52. The number of nitrogens with zero attached hydrogens (tertiary/aromatic N) is 3. The summed E-state index contributed by atoms with van der Waals surface area (Å²) in [5.41, 5.74) is 1.04. The van der Waals surface area contributed by atoms with Crippen molar-refractivity contribution in [1.82, 2.24) is 19.5 Å². The molecule has 1 aromatic heterocycles. The molecule has 1 atom stereocenters. The van der Waals surface area contributed by atoms with Gasteiger partial charge in [0.05, 0.1) is 4.90 Å². The molecule has 1 N–H and O–H groups in total. The third-order valence-corrected chi connectivity index (χ3v) is 6.32. The van der Waals surface area contributed by atoms with Crippen LogP contribution in [-0.2, 0) is 10.0 Å². The number of sulfonamides is 1. The Labute approximate surface area is 155 Å². The van der Waals surface area contributed by atoms with Gasteiger partial charge in [-0.15, -0.1) is 0 Å². The van der Waals surface area contributed by atoms with Crippen molar-refractivity contribution in [2.45, 2.75) is 17.9 Å². The van der Waals surface area contributed by atoms with Crippen molar-refractivity contribution in [3.8, 4) is 0 Å². The molecule has 0 bridgehead atoms. The molecule has 7 heteroatoms. The van der Waals surface area contributed by atoms with Gasteiger partial charge in [-0.1, -0.05) is 31.2 Å². The molecule has 1 saturated heterocycles. The Bertz CT molecular complexity index is 776. The van der Waals surface area contributed by atoms with Gasteiger partial charge in [0, 0.05) is 51.2 Å². The summed E-state index contributed by atoms with van der Waals surface area (Å²) in [5.74, 6) is 0. The largest absolute Gasteiger partial charge is 0.301 e. The van der Waals surface area contributed by atoms with E-state index in [0.717, 1.165) is 38.3 Å². The Balaban J connectivity index is 1.74. The van der Waals surface area contributed by atoms with Crippen LogP contribution in [0.1, 0.15) is 18.5 Å². The van der Waals surface area contributed by atoms with Crippen LogP contribution in [0.5, 0.6) is 0 Å². The molecule has 0 spiro atoms. The number of nitrogens with one attached hydrogen (secondary N) is 1. The van der Waals surface area contributed by atoms with Crippen LogP contribution in [0.3, 0.4) is 0 Å². The second-order valence-electron chi connectivity index (χ2n) is 6.44. The molecule has 1 aliphatic rings. The van der Waals surface area contributed by atoms with E-state index in [1.54, 1.807) is 30.5 Å². The highest BCUT2D eigenvalue weighted by Crippen LogP contribution is 2.22. The van der Waals surface area contributed by atoms with Crippen molar-refractivity contribution in [3.05, 3.63) is 60.4 Å². The molecular weight excluding hydrogens is 348 g/mol. The molecule has 0 unspecified atom stereocenters. The molecule has 2 heterocycles. The monoisotopic (exact) mass is 374 g/mol. The Morgan fingerprint density at radius 1 is 1.08 bits per heavy atom. The third-order valence-electron chi connectivity index (χ3n) is 4.88. The van der Waals surface area contributed by atoms with Crippen molar-refractivity contribution in [2.24, 2.45) is 0 Å². The SMILES string of the molecule is CCN1CCN([C@@H](CNS(=O)(=O)c2ccccc2)c2cccnc2)CC1. The number of hydrogen-bond donors (Lipinski definition) is 1. The maximum absolute atomic E-state index is 12.6. The van der Waals surface area contributed by atoms with Crippen LogP contribution in [0.15, 0.2) is 59.8 Å². The molecule has 0 amide bonds. The standard InChI is InChI=1S/C19H26N4O2S/c1-2-22-11-13-23(14-12-22)19(17-7-6-10-20-15-17)16-21-26(24,25)18-8-4-3-5-9-18/h3-10,15,19,21H,2,11-14,16H2,1H3/t19-/m0/s1. The number of pyridine rings is 1. The van der Waals surface area contributed by atoms with Gasteiger partial charge < -0.3 is 4.90 Å². The van der Waals surface area contributed by atoms with Gasteiger partial charge in [-0.2, -0.15) is 0 Å². The lowest BCUT2D eigenvalue weighted by molar-refractivity contribution is 0.100. The van der Waals surface area contributed by atoms with Gasteiger partial charge in [0.2, 0.25) is 10.0 Å². The lowest BCUT2D eigenvalue weighted by Gasteiger charge is -2.39. The van der Waals surface area contributed by atoms with Gasteiger partial charge in [0.15, 0.2) is 0 Å². The fourth-order valence-corrected chi connectivity index (χ4v) is 4.35. The molecule has 1 aromatic carbocycles. The third kappa shape index (κ3) is 4.67. The van der Waals surface area contributed by atoms with Gasteiger partial charge in [0.1, 0.15) is 0 Å². The zero-order valence-electron chi connectivity index (χ0n) is 15.1. The van der Waals surface area contributed by atoms with E-state index in [9.17, 15) is 8.42 Å². The molecule has 0 saturated carbocycles. The Hall–Kier alpha value is -1.80. The van der Waals surface area contributed by atoms with Crippen LogP contribution in [0.25, 0.3) is 0 Å². The molecule has 2 aromatic rings. The van der Waals surface area contributed by atoms with E-state index in [0.29, 0.717) is 11.4 Å². The van der Waals surface area contributed by atoms with Crippen molar-refractivity contribution < 1.29 is 8.42 Å². The Morgan fingerprint density at radius 3 is 2.42 bits per heavy atom. The predicted octanol–water partition coefficient (Wildman–Crippen LogP) is 1.74. The molecule has 3 rings (SSSR count). The molecule has 1 fully saturated rings. The van der Waals surface area contributed by atoms with Crippen LogP contribution >= 0.6 is 0 Å². The number of aromatic nitrogens is 1. The van der Waals surface area contributed by atoms with E-state index in [4.69, 9.17) is 0 Å². The summed E-state index contributed by atoms with van der Waals surface area (Å²) in [5, 5.41) is 0. The van der Waals surface area contributed by atoms with Gasteiger partial charge in [-0.3, -0.25) is 9.88 Å². The van der Waals surface area contributed by atoms with Gasteiger partial charge in [0.25, 0.3) is 0 Å². The molecule has 140 valence electrons. The van der Waals surface area contributed by atoms with E-state index in [-0.39, 0.29) is 6.04 Å². The lowest BCUT2D eigenvalue weighted by atomic mass is 10.1. The first-order valence-corrected chi connectivity index (χ1v) is 10.5. The maximum atomic E-state index is 12.6. The van der Waals surface area contributed by atoms with Crippen LogP contribution in [0.2, 0.25) is 0 Å². The fourth-order valence-electron chi connectivity index (χ4n) is 3.29. The molecule has 0 aliphatic carbocycles. The highest BCUT2D eigenvalue weighted by Gasteiger charge is 2.26. The van der Waals surface area contributed by atoms with Crippen molar-refractivity contribution in [3.63, 3.8) is 0 Å². The quantitative estimate of drug-likeness (QED) is 0.800. The number of piperazine rings is 1. The second-order valence-corrected chi connectivity index (χ2v) is 8.20. The van der Waals surface area contributed by atoms with Crippen molar-refractivity contribution in [1.29, 1.82) is 0 Å². The van der Waals surface area contributed by atoms with Gasteiger partial charge in [-0.05, 0) is 30.3 Å². The van der Waals surface area contributed by atoms with Crippen LogP contribution in [-0.4, -0.2) is 62.5 Å². The lowest BCUT2D eigenvalue weighted by Crippen LogP contribution is -2.49. The van der Waals surface area contributed by atoms with E-state index in [1.807, 2.05) is 24.4 Å². The summed E-state index contributed by atoms with van der Waals surface area (Å²) in [6, 6.07) is 12.4. The van der Waals surface area contributed by atoms with Crippen molar-refractivity contribution in [2.75, 3.05) is 39.3 Å². The molecule has 1 aliphatic heterocycles. The van der Waals surface area contributed by atoms with Crippen molar-refractivity contribution >= 4 is 10.0 Å². The molecular formula is C19H26N4O2S. The maximum Gasteiger partial charge on any atom is 0.240 e. The van der Waals surface area contributed by atoms with E-state index in [2.05, 4.69) is 26.4 Å².